The summed E-state index contributed by atoms with van der Waals surface area (Å²) >= 11 is 3.52. The van der Waals surface area contributed by atoms with Crippen molar-refractivity contribution in [3.63, 3.8) is 0 Å². The maximum absolute atomic E-state index is 14.5. The molecule has 3 aliphatic rings. The summed E-state index contributed by atoms with van der Waals surface area (Å²) in [5.74, 6) is 1.21. The molecule has 1 aromatic heterocycles. The summed E-state index contributed by atoms with van der Waals surface area (Å²) in [4.78, 5) is 16.7. The molecule has 0 saturated carbocycles. The van der Waals surface area contributed by atoms with Gasteiger partial charge < -0.3 is 30.3 Å². The molecule has 2 aromatic carbocycles. The molecule has 0 amide bonds. The normalized spacial score (nSPS) is 20.1. The Morgan fingerprint density at radius 3 is 2.51 bits per heavy atom. The van der Waals surface area contributed by atoms with Crippen LogP contribution in [-0.2, 0) is 6.42 Å². The van der Waals surface area contributed by atoms with E-state index in [1.165, 1.54) is 30.7 Å². The number of aliphatic hydroxyl groups excluding tert-OH is 1. The van der Waals surface area contributed by atoms with Crippen LogP contribution in [0.3, 0.4) is 0 Å². The van der Waals surface area contributed by atoms with Crippen molar-refractivity contribution in [3.05, 3.63) is 57.4 Å². The summed E-state index contributed by atoms with van der Waals surface area (Å²) in [7, 11) is 3.88. The Labute approximate surface area is 261 Å². The first-order valence-electron chi connectivity index (χ1n) is 15.2. The predicted octanol–water partition coefficient (Wildman–Crippen LogP) is 5.77. The van der Waals surface area contributed by atoms with E-state index in [2.05, 4.69) is 77.3 Å². The monoisotopic (exact) mass is 653 g/mol. The number of anilines is 5. The number of nitrogens with one attached hydrogen (secondary N) is 2. The number of hydrogen-bond donors (Lipinski definition) is 3. The average Bonchev–Trinajstić information content (AvgIpc) is 2.99. The van der Waals surface area contributed by atoms with E-state index in [0.717, 1.165) is 74.5 Å². The summed E-state index contributed by atoms with van der Waals surface area (Å²) in [6, 6.07) is 7.77. The Kier molecular flexibility index (Phi) is 9.04. The van der Waals surface area contributed by atoms with Gasteiger partial charge in [-0.15, -0.1) is 0 Å². The fourth-order valence-corrected chi connectivity index (χ4v) is 7.01. The summed E-state index contributed by atoms with van der Waals surface area (Å²) in [6.07, 6.45) is 5.55. The minimum Gasteiger partial charge on any atom is -0.494 e. The third-order valence-electron chi connectivity index (χ3n) is 9.11. The van der Waals surface area contributed by atoms with Crippen LogP contribution >= 0.6 is 15.9 Å². The number of aliphatic hydroxyl groups is 1. The molecule has 3 N–H and O–H groups in total. The minimum absolute atomic E-state index is 0.345. The van der Waals surface area contributed by atoms with E-state index >= 15 is 0 Å². The zero-order chi connectivity index (χ0) is 30.1. The van der Waals surface area contributed by atoms with Crippen molar-refractivity contribution < 1.29 is 14.2 Å². The van der Waals surface area contributed by atoms with Crippen molar-refractivity contribution >= 4 is 44.8 Å². The number of hydrogen-bond acceptors (Lipinski definition) is 9. The maximum atomic E-state index is 14.5. The molecule has 230 valence electrons. The number of halogens is 2. The molecule has 0 radical (unpaired) electrons. The summed E-state index contributed by atoms with van der Waals surface area (Å²) in [5.41, 5.74) is 5.18. The van der Waals surface area contributed by atoms with Gasteiger partial charge in [0.05, 0.1) is 23.4 Å². The van der Waals surface area contributed by atoms with Crippen LogP contribution < -0.4 is 20.3 Å². The number of piperidine rings is 1. The summed E-state index contributed by atoms with van der Waals surface area (Å²) in [6.45, 7) is 8.81. The van der Waals surface area contributed by atoms with Gasteiger partial charge in [-0.3, -0.25) is 4.90 Å². The molecule has 43 heavy (non-hydrogen) atoms. The van der Waals surface area contributed by atoms with E-state index in [-0.39, 0.29) is 5.82 Å². The van der Waals surface area contributed by atoms with Gasteiger partial charge in [0.15, 0.2) is 0 Å². The number of aromatic nitrogens is 2. The molecular weight excluding hydrogens is 613 g/mol. The number of piperazine rings is 1. The van der Waals surface area contributed by atoms with E-state index in [9.17, 15) is 9.50 Å². The molecule has 9 nitrogen and oxygen atoms in total. The van der Waals surface area contributed by atoms with Crippen LogP contribution in [0.4, 0.5) is 33.2 Å². The highest BCUT2D eigenvalue weighted by atomic mass is 79.9. The number of benzene rings is 2. The van der Waals surface area contributed by atoms with Crippen molar-refractivity contribution in [1.29, 1.82) is 0 Å². The van der Waals surface area contributed by atoms with E-state index in [0.29, 0.717) is 40.1 Å². The molecule has 0 spiro atoms. The lowest BCUT2D eigenvalue weighted by Crippen LogP contribution is -2.52. The molecule has 1 unspecified atom stereocenters. The molecular formula is C32H41BrFN7O2. The Morgan fingerprint density at radius 1 is 1.00 bits per heavy atom. The van der Waals surface area contributed by atoms with E-state index < -0.39 is 6.10 Å². The molecule has 2 aliphatic heterocycles. The van der Waals surface area contributed by atoms with E-state index in [4.69, 9.17) is 4.74 Å². The van der Waals surface area contributed by atoms with Gasteiger partial charge in [-0.1, -0.05) is 0 Å². The van der Waals surface area contributed by atoms with Crippen LogP contribution in [0.1, 0.15) is 48.5 Å². The maximum Gasteiger partial charge on any atom is 0.229 e. The van der Waals surface area contributed by atoms with Gasteiger partial charge in [0.25, 0.3) is 0 Å². The van der Waals surface area contributed by atoms with Gasteiger partial charge >= 0.3 is 0 Å². The fourth-order valence-electron chi connectivity index (χ4n) is 6.72. The highest BCUT2D eigenvalue weighted by Gasteiger charge is 2.28. The number of methoxy groups -OCH3 is 1. The largest absolute Gasteiger partial charge is 0.494 e. The first-order valence-corrected chi connectivity index (χ1v) is 16.0. The van der Waals surface area contributed by atoms with Crippen molar-refractivity contribution in [1.82, 2.24) is 19.8 Å². The molecule has 3 aromatic rings. The van der Waals surface area contributed by atoms with Gasteiger partial charge in [-0.05, 0) is 91.3 Å². The molecule has 3 heterocycles. The molecule has 1 aliphatic carbocycles. The van der Waals surface area contributed by atoms with Gasteiger partial charge in [-0.2, -0.15) is 4.98 Å². The molecule has 0 bridgehead atoms. The highest BCUT2D eigenvalue weighted by molar-refractivity contribution is 9.10. The number of rotatable bonds is 7. The molecule has 11 heteroatoms. The first kappa shape index (κ1) is 30.1. The number of likely N-dealkylation sites (N-methyl/N-ethyl adjacent to an activating group) is 1. The van der Waals surface area contributed by atoms with Crippen molar-refractivity contribution in [2.45, 2.75) is 51.2 Å². The number of ether oxygens (including phenoxy) is 1. The lowest BCUT2D eigenvalue weighted by atomic mass is 9.88. The number of nitrogens with zero attached hydrogens (tertiary/aromatic N) is 5. The minimum atomic E-state index is -0.645. The third-order valence-corrected chi connectivity index (χ3v) is 9.69. The Hall–Kier alpha value is -2.99. The van der Waals surface area contributed by atoms with Crippen molar-refractivity contribution in [2.75, 3.05) is 69.0 Å². The number of aryl methyl sites for hydroxylation is 2. The average molecular weight is 655 g/mol. The summed E-state index contributed by atoms with van der Waals surface area (Å²) in [5, 5.41) is 17.2. The van der Waals surface area contributed by atoms with Crippen LogP contribution in [0, 0.1) is 12.7 Å². The first-order chi connectivity index (χ1) is 20.8. The van der Waals surface area contributed by atoms with Crippen LogP contribution in [0.2, 0.25) is 0 Å². The highest BCUT2D eigenvalue weighted by Crippen LogP contribution is 2.39. The quantitative estimate of drug-likeness (QED) is 0.294. The van der Waals surface area contributed by atoms with E-state index in [1.807, 2.05) is 0 Å². The van der Waals surface area contributed by atoms with E-state index in [1.54, 1.807) is 13.3 Å². The van der Waals surface area contributed by atoms with Crippen LogP contribution in [0.15, 0.2) is 34.9 Å². The molecule has 6 rings (SSSR count). The SMILES string of the molecule is COc1cc(N2CCC(N3CCN(C)CC3)CC2)c(C)cc1Nc1ncc(Br)c(Nc2cc(F)cc3c2C(O)CCC3)n1. The molecule has 2 fully saturated rings. The second kappa shape index (κ2) is 12.9. The van der Waals surface area contributed by atoms with Gasteiger partial charge in [-0.25, -0.2) is 9.37 Å². The van der Waals surface area contributed by atoms with Gasteiger partial charge in [0.2, 0.25) is 5.95 Å². The predicted molar refractivity (Wildman–Crippen MR) is 173 cm³/mol. The topological polar surface area (TPSA) is 89.0 Å². The second-order valence-electron chi connectivity index (χ2n) is 12.0. The fraction of sp³-hybridized carbons (Fsp3) is 0.500. The Bertz CT molecular complexity index is 1460. The third kappa shape index (κ3) is 6.60. The Balaban J connectivity index is 1.18. The smallest absolute Gasteiger partial charge is 0.229 e. The Morgan fingerprint density at radius 2 is 1.77 bits per heavy atom. The molecule has 2 saturated heterocycles. The lowest BCUT2D eigenvalue weighted by Gasteiger charge is -2.43. The zero-order valence-electron chi connectivity index (χ0n) is 25.2. The van der Waals surface area contributed by atoms with Crippen LogP contribution in [-0.4, -0.2) is 84.3 Å². The zero-order valence-corrected chi connectivity index (χ0v) is 26.8. The lowest BCUT2D eigenvalue weighted by molar-refractivity contribution is 0.0982. The van der Waals surface area contributed by atoms with Crippen molar-refractivity contribution in [2.24, 2.45) is 0 Å². The van der Waals surface area contributed by atoms with Crippen LogP contribution in [0.5, 0.6) is 5.75 Å². The standard InChI is InChI=1S/C32H41BrFN7O2/c1-20-15-25(29(43-3)18-27(20)41-9-7-23(8-10-41)40-13-11-39(2)12-14-40)37-32-35-19-24(33)31(38-32)36-26-17-22(34)16-21-5-4-6-28(42)30(21)26/h15-19,23,28,42H,4-14H2,1-3H3,(H2,35,36,37,38). The van der Waals surface area contributed by atoms with Gasteiger partial charge in [0, 0.05) is 74.5 Å². The molecule has 1 atom stereocenters. The summed E-state index contributed by atoms with van der Waals surface area (Å²) < 4.78 is 20.9. The van der Waals surface area contributed by atoms with Crippen molar-refractivity contribution in [3.8, 4) is 5.75 Å². The van der Waals surface area contributed by atoms with Crippen LogP contribution in [0.25, 0.3) is 0 Å². The number of fused-ring (bicyclic) bond motifs is 1. The second-order valence-corrected chi connectivity index (χ2v) is 12.8. The van der Waals surface area contributed by atoms with Gasteiger partial charge in [0.1, 0.15) is 17.4 Å².